The number of ether oxygens (including phenoxy) is 1. The van der Waals surface area contributed by atoms with Crippen LogP contribution in [-0.4, -0.2) is 35.9 Å². The van der Waals surface area contributed by atoms with E-state index in [0.29, 0.717) is 5.56 Å². The molecule has 24 heavy (non-hydrogen) atoms. The quantitative estimate of drug-likeness (QED) is 0.776. The maximum absolute atomic E-state index is 12.5. The molecule has 1 aromatic carbocycles. The molecule has 124 valence electrons. The Morgan fingerprint density at radius 2 is 2.00 bits per heavy atom. The van der Waals surface area contributed by atoms with Gasteiger partial charge in [-0.05, 0) is 30.9 Å². The second-order valence-electron chi connectivity index (χ2n) is 5.60. The van der Waals surface area contributed by atoms with Crippen LogP contribution in [0.2, 0.25) is 0 Å². The van der Waals surface area contributed by atoms with Crippen LogP contribution in [0, 0.1) is 0 Å². The first-order chi connectivity index (χ1) is 11.6. The van der Waals surface area contributed by atoms with Crippen LogP contribution in [0.25, 0.3) is 10.9 Å². The zero-order valence-electron chi connectivity index (χ0n) is 13.0. The third-order valence-electron chi connectivity index (χ3n) is 3.92. The Balaban J connectivity index is 1.82. The third-order valence-corrected chi connectivity index (χ3v) is 3.92. The molecule has 3 rings (SSSR count). The fourth-order valence-electron chi connectivity index (χ4n) is 2.88. The van der Waals surface area contributed by atoms with Crippen LogP contribution in [0.1, 0.15) is 28.0 Å². The van der Waals surface area contributed by atoms with Gasteiger partial charge in [0.05, 0.1) is 17.6 Å². The highest BCUT2D eigenvalue weighted by Gasteiger charge is 2.25. The number of primary amides is 1. The van der Waals surface area contributed by atoms with Crippen LogP contribution < -0.4 is 11.1 Å². The number of hydrogen-bond acceptors (Lipinski definition) is 5. The zero-order chi connectivity index (χ0) is 17.1. The van der Waals surface area contributed by atoms with E-state index >= 15 is 0 Å². The SMILES string of the molecule is NC(=O)CNC(=O)COC(=O)c1c2c(nc3ccccc13)CCC2. The molecule has 0 spiro atoms. The summed E-state index contributed by atoms with van der Waals surface area (Å²) < 4.78 is 5.12. The minimum absolute atomic E-state index is 0.288. The topological polar surface area (TPSA) is 111 Å². The lowest BCUT2D eigenvalue weighted by Gasteiger charge is -2.12. The van der Waals surface area contributed by atoms with Crippen molar-refractivity contribution in [1.29, 1.82) is 0 Å². The van der Waals surface area contributed by atoms with E-state index in [4.69, 9.17) is 10.5 Å². The van der Waals surface area contributed by atoms with Crippen molar-refractivity contribution in [2.75, 3.05) is 13.2 Å². The van der Waals surface area contributed by atoms with Crippen molar-refractivity contribution in [2.24, 2.45) is 5.73 Å². The van der Waals surface area contributed by atoms with Gasteiger partial charge in [-0.1, -0.05) is 18.2 Å². The molecule has 2 aromatic rings. The lowest BCUT2D eigenvalue weighted by Crippen LogP contribution is -2.36. The highest BCUT2D eigenvalue weighted by atomic mass is 16.5. The van der Waals surface area contributed by atoms with Gasteiger partial charge in [-0.3, -0.25) is 14.6 Å². The van der Waals surface area contributed by atoms with E-state index in [2.05, 4.69) is 10.3 Å². The number of carbonyl (C=O) groups excluding carboxylic acids is 3. The highest BCUT2D eigenvalue weighted by molar-refractivity contribution is 6.05. The molecule has 1 aliphatic rings. The molecule has 7 nitrogen and oxygen atoms in total. The van der Waals surface area contributed by atoms with Crippen molar-refractivity contribution in [2.45, 2.75) is 19.3 Å². The van der Waals surface area contributed by atoms with Crippen molar-refractivity contribution in [3.05, 3.63) is 41.1 Å². The molecule has 1 heterocycles. The number of nitrogens with two attached hydrogens (primary N) is 1. The van der Waals surface area contributed by atoms with Gasteiger partial charge in [0.1, 0.15) is 0 Å². The Hall–Kier alpha value is -2.96. The number of hydrogen-bond donors (Lipinski definition) is 2. The van der Waals surface area contributed by atoms with Gasteiger partial charge in [0.15, 0.2) is 6.61 Å². The molecule has 0 atom stereocenters. The predicted molar refractivity (Wildman–Crippen MR) is 86.3 cm³/mol. The summed E-state index contributed by atoms with van der Waals surface area (Å²) in [5.74, 6) is -1.79. The van der Waals surface area contributed by atoms with Crippen LogP contribution in [0.4, 0.5) is 0 Å². The first-order valence-corrected chi connectivity index (χ1v) is 7.69. The summed E-state index contributed by atoms with van der Waals surface area (Å²) in [7, 11) is 0. The van der Waals surface area contributed by atoms with Crippen LogP contribution in [0.5, 0.6) is 0 Å². The van der Waals surface area contributed by atoms with E-state index in [1.54, 1.807) is 0 Å². The first kappa shape index (κ1) is 15.9. The molecule has 1 aliphatic carbocycles. The summed E-state index contributed by atoms with van der Waals surface area (Å²) in [5.41, 5.74) is 7.98. The largest absolute Gasteiger partial charge is 0.452 e. The van der Waals surface area contributed by atoms with Crippen molar-refractivity contribution < 1.29 is 19.1 Å². The molecule has 0 fully saturated rings. The monoisotopic (exact) mass is 327 g/mol. The molecule has 2 amide bonds. The van der Waals surface area contributed by atoms with Crippen molar-refractivity contribution in [3.8, 4) is 0 Å². The fraction of sp³-hybridized carbons (Fsp3) is 0.294. The van der Waals surface area contributed by atoms with Gasteiger partial charge in [0, 0.05) is 11.1 Å². The first-order valence-electron chi connectivity index (χ1n) is 7.69. The number of nitrogens with zero attached hydrogens (tertiary/aromatic N) is 1. The number of aromatic nitrogens is 1. The maximum Gasteiger partial charge on any atom is 0.339 e. The molecule has 0 aliphatic heterocycles. The summed E-state index contributed by atoms with van der Waals surface area (Å²) in [5, 5.41) is 3.00. The molecule has 0 radical (unpaired) electrons. The highest BCUT2D eigenvalue weighted by Crippen LogP contribution is 2.30. The summed E-state index contributed by atoms with van der Waals surface area (Å²) in [6.07, 6.45) is 2.54. The molecule has 0 unspecified atom stereocenters. The molecule has 3 N–H and O–H groups in total. The van der Waals surface area contributed by atoms with Crippen LogP contribution in [0.3, 0.4) is 0 Å². The van der Waals surface area contributed by atoms with Crippen molar-refractivity contribution in [1.82, 2.24) is 10.3 Å². The number of esters is 1. The van der Waals surface area contributed by atoms with Gasteiger partial charge >= 0.3 is 5.97 Å². The van der Waals surface area contributed by atoms with Gasteiger partial charge in [-0.25, -0.2) is 4.79 Å². The Morgan fingerprint density at radius 3 is 2.79 bits per heavy atom. The van der Waals surface area contributed by atoms with E-state index in [1.165, 1.54) is 0 Å². The summed E-state index contributed by atoms with van der Waals surface area (Å²) >= 11 is 0. The maximum atomic E-state index is 12.5. The normalized spacial score (nSPS) is 12.7. The lowest BCUT2D eigenvalue weighted by atomic mass is 10.0. The Bertz CT molecular complexity index is 832. The average Bonchev–Trinajstić information content (AvgIpc) is 3.03. The molecule has 0 saturated heterocycles. The number of fused-ring (bicyclic) bond motifs is 2. The summed E-state index contributed by atoms with van der Waals surface area (Å²) in [6.45, 7) is -0.749. The van der Waals surface area contributed by atoms with E-state index in [9.17, 15) is 14.4 Å². The van der Waals surface area contributed by atoms with Gasteiger partial charge in [-0.2, -0.15) is 0 Å². The number of rotatable bonds is 5. The summed E-state index contributed by atoms with van der Waals surface area (Å²) in [4.78, 5) is 39.3. The molecule has 1 aromatic heterocycles. The molecule has 0 saturated carbocycles. The number of benzene rings is 1. The van der Waals surface area contributed by atoms with Crippen LogP contribution >= 0.6 is 0 Å². The van der Waals surface area contributed by atoms with E-state index in [1.807, 2.05) is 24.3 Å². The smallest absolute Gasteiger partial charge is 0.339 e. The average molecular weight is 327 g/mol. The Labute approximate surface area is 138 Å². The molecular weight excluding hydrogens is 310 g/mol. The van der Waals surface area contributed by atoms with E-state index < -0.39 is 24.4 Å². The summed E-state index contributed by atoms with van der Waals surface area (Å²) in [6, 6.07) is 7.37. The van der Waals surface area contributed by atoms with Crippen LogP contribution in [-0.2, 0) is 27.2 Å². The second kappa shape index (κ2) is 6.66. The number of carbonyl (C=O) groups is 3. The van der Waals surface area contributed by atoms with Gasteiger partial charge in [0.2, 0.25) is 5.91 Å². The number of para-hydroxylation sites is 1. The minimum atomic E-state index is -0.660. The molecule has 0 bridgehead atoms. The third kappa shape index (κ3) is 3.19. The van der Waals surface area contributed by atoms with E-state index in [-0.39, 0.29) is 6.54 Å². The lowest BCUT2D eigenvalue weighted by molar-refractivity contribution is -0.127. The molecule has 7 heteroatoms. The predicted octanol–water partition coefficient (Wildman–Crippen LogP) is 0.482. The van der Waals surface area contributed by atoms with Gasteiger partial charge in [-0.15, -0.1) is 0 Å². The number of pyridine rings is 1. The van der Waals surface area contributed by atoms with Crippen LogP contribution in [0.15, 0.2) is 24.3 Å². The van der Waals surface area contributed by atoms with Gasteiger partial charge < -0.3 is 15.8 Å². The fourth-order valence-corrected chi connectivity index (χ4v) is 2.88. The number of nitrogens with one attached hydrogen (secondary N) is 1. The standard InChI is InChI=1S/C17H17N3O4/c18-14(21)8-19-15(22)9-24-17(23)16-10-4-1-2-6-12(10)20-13-7-3-5-11(13)16/h1-2,4,6H,3,5,7-9H2,(H2,18,21)(H,19,22). The van der Waals surface area contributed by atoms with Gasteiger partial charge in [0.25, 0.3) is 5.91 Å². The second-order valence-corrected chi connectivity index (χ2v) is 5.60. The Morgan fingerprint density at radius 1 is 1.21 bits per heavy atom. The van der Waals surface area contributed by atoms with Crippen molar-refractivity contribution in [3.63, 3.8) is 0 Å². The van der Waals surface area contributed by atoms with Crippen molar-refractivity contribution >= 4 is 28.7 Å². The van der Waals surface area contributed by atoms with E-state index in [0.717, 1.165) is 41.4 Å². The number of amides is 2. The minimum Gasteiger partial charge on any atom is -0.452 e. The Kier molecular flexibility index (Phi) is 4.41. The number of aryl methyl sites for hydroxylation is 1. The zero-order valence-corrected chi connectivity index (χ0v) is 13.0. The molecular formula is C17H17N3O4.